The molecule has 1 N–H and O–H groups in total. The Bertz CT molecular complexity index is 1070. The molecule has 9 heteroatoms. The number of thiazole rings is 1. The minimum atomic E-state index is -0.308. The highest BCUT2D eigenvalue weighted by Crippen LogP contribution is 2.33. The van der Waals surface area contributed by atoms with Crippen molar-refractivity contribution in [3.05, 3.63) is 58.2 Å². The Kier molecular flexibility index (Phi) is 6.48. The summed E-state index contributed by atoms with van der Waals surface area (Å²) in [6, 6.07) is 7.76. The summed E-state index contributed by atoms with van der Waals surface area (Å²) in [5.41, 5.74) is 1.22. The summed E-state index contributed by atoms with van der Waals surface area (Å²) in [6.07, 6.45) is 3.57. The maximum atomic E-state index is 13.6. The highest BCUT2D eigenvalue weighted by Gasteiger charge is 2.34. The van der Waals surface area contributed by atoms with Crippen molar-refractivity contribution in [2.75, 3.05) is 18.4 Å². The molecule has 2 aromatic heterocycles. The first-order valence-electron chi connectivity index (χ1n) is 10.2. The molecule has 3 heterocycles. The van der Waals surface area contributed by atoms with Crippen LogP contribution >= 0.6 is 22.9 Å². The number of nitrogens with one attached hydrogen (secondary N) is 1. The maximum Gasteiger partial charge on any atom is 0.274 e. The number of halogens is 2. The summed E-state index contributed by atoms with van der Waals surface area (Å²) in [5, 5.41) is 4.39. The third-order valence-electron chi connectivity index (χ3n) is 5.51. The van der Waals surface area contributed by atoms with E-state index in [4.69, 9.17) is 11.6 Å². The van der Waals surface area contributed by atoms with Crippen LogP contribution in [0.15, 0.2) is 36.5 Å². The van der Waals surface area contributed by atoms with Gasteiger partial charge in [-0.1, -0.05) is 30.7 Å². The van der Waals surface area contributed by atoms with Crippen LogP contribution in [-0.4, -0.2) is 44.9 Å². The van der Waals surface area contributed by atoms with Gasteiger partial charge in [0, 0.05) is 19.3 Å². The molecular weight excluding hydrogens is 437 g/mol. The lowest BCUT2D eigenvalue weighted by molar-refractivity contribution is 0.0535. The van der Waals surface area contributed by atoms with E-state index in [0.29, 0.717) is 35.8 Å². The van der Waals surface area contributed by atoms with Gasteiger partial charge in [-0.15, -0.1) is 11.3 Å². The summed E-state index contributed by atoms with van der Waals surface area (Å²) in [4.78, 5) is 29.2. The minimum Gasteiger partial charge on any atom is -0.352 e. The number of amides is 1. The second kappa shape index (κ2) is 9.28. The molecule has 2 atom stereocenters. The van der Waals surface area contributed by atoms with Gasteiger partial charge in [0.1, 0.15) is 16.7 Å². The summed E-state index contributed by atoms with van der Waals surface area (Å²) >= 11 is 7.40. The lowest BCUT2D eigenvalue weighted by Gasteiger charge is -2.40. The maximum absolute atomic E-state index is 13.6. The summed E-state index contributed by atoms with van der Waals surface area (Å²) in [7, 11) is 0. The molecule has 6 nitrogen and oxygen atoms in total. The molecule has 1 aliphatic heterocycles. The van der Waals surface area contributed by atoms with E-state index in [1.54, 1.807) is 24.4 Å². The summed E-state index contributed by atoms with van der Waals surface area (Å²) in [6.45, 7) is 5.20. The van der Waals surface area contributed by atoms with Crippen LogP contribution in [0, 0.1) is 18.7 Å². The lowest BCUT2D eigenvalue weighted by Crippen LogP contribution is -2.51. The Labute approximate surface area is 189 Å². The zero-order chi connectivity index (χ0) is 22.0. The Hall–Kier alpha value is -2.58. The molecule has 1 aromatic carbocycles. The van der Waals surface area contributed by atoms with Crippen molar-refractivity contribution in [1.29, 1.82) is 0 Å². The molecule has 0 saturated carbocycles. The first-order chi connectivity index (χ1) is 14.9. The molecule has 0 aliphatic carbocycles. The smallest absolute Gasteiger partial charge is 0.274 e. The van der Waals surface area contributed by atoms with Crippen molar-refractivity contribution in [2.45, 2.75) is 32.7 Å². The van der Waals surface area contributed by atoms with E-state index in [1.165, 1.54) is 23.5 Å². The van der Waals surface area contributed by atoms with E-state index in [-0.39, 0.29) is 17.8 Å². The number of aryl methyl sites for hydroxylation is 1. The van der Waals surface area contributed by atoms with Crippen LogP contribution in [0.5, 0.6) is 0 Å². The van der Waals surface area contributed by atoms with Crippen LogP contribution in [0.4, 0.5) is 10.3 Å². The predicted molar refractivity (Wildman–Crippen MR) is 121 cm³/mol. The molecule has 4 rings (SSSR count). The Morgan fingerprint density at radius 1 is 1.29 bits per heavy atom. The highest BCUT2D eigenvalue weighted by molar-refractivity contribution is 7.15. The van der Waals surface area contributed by atoms with Gasteiger partial charge in [0.15, 0.2) is 0 Å². The SMILES string of the molecule is Cc1nc(C(=O)N2CCC[C@H](C)[C@@H]2CNc2nccc(Cl)n2)c(-c2ccc(F)cc2)s1. The van der Waals surface area contributed by atoms with Crippen molar-refractivity contribution >= 4 is 34.8 Å². The molecular formula is C22H23ClFN5OS. The van der Waals surface area contributed by atoms with Crippen molar-refractivity contribution in [2.24, 2.45) is 5.92 Å². The predicted octanol–water partition coefficient (Wildman–Crippen LogP) is 5.05. The van der Waals surface area contributed by atoms with E-state index >= 15 is 0 Å². The van der Waals surface area contributed by atoms with Crippen LogP contribution < -0.4 is 5.32 Å². The fourth-order valence-corrected chi connectivity index (χ4v) is 4.99. The van der Waals surface area contributed by atoms with Gasteiger partial charge < -0.3 is 10.2 Å². The second-order valence-electron chi connectivity index (χ2n) is 7.69. The standard InChI is InChI=1S/C22H23ClFN5OS/c1-13-4-3-11-29(17(13)12-26-22-25-10-9-18(23)28-22)21(30)19-20(31-14(2)27-19)15-5-7-16(24)8-6-15/h5-10,13,17H,3-4,11-12H2,1-2H3,(H,25,26,28)/t13-,17-/m0/s1. The van der Waals surface area contributed by atoms with Crippen molar-refractivity contribution in [3.63, 3.8) is 0 Å². The van der Waals surface area contributed by atoms with E-state index in [1.807, 2.05) is 11.8 Å². The average molecular weight is 460 g/mol. The van der Waals surface area contributed by atoms with Crippen LogP contribution in [0.2, 0.25) is 5.15 Å². The number of carbonyl (C=O) groups excluding carboxylic acids is 1. The Morgan fingerprint density at radius 2 is 2.06 bits per heavy atom. The lowest BCUT2D eigenvalue weighted by atomic mass is 9.90. The van der Waals surface area contributed by atoms with Gasteiger partial charge in [-0.25, -0.2) is 19.3 Å². The molecule has 0 radical (unpaired) electrons. The molecule has 1 aliphatic rings. The number of anilines is 1. The molecule has 0 spiro atoms. The molecule has 0 bridgehead atoms. The number of nitrogens with zero attached hydrogens (tertiary/aromatic N) is 4. The number of aromatic nitrogens is 3. The van der Waals surface area contributed by atoms with E-state index < -0.39 is 0 Å². The molecule has 0 unspecified atom stereocenters. The van der Waals surface area contributed by atoms with Crippen molar-refractivity contribution in [3.8, 4) is 10.4 Å². The van der Waals surface area contributed by atoms with E-state index in [2.05, 4.69) is 27.2 Å². The summed E-state index contributed by atoms with van der Waals surface area (Å²) < 4.78 is 13.4. The molecule has 162 valence electrons. The van der Waals surface area contributed by atoms with Gasteiger partial charge >= 0.3 is 0 Å². The van der Waals surface area contributed by atoms with Gasteiger partial charge in [0.25, 0.3) is 5.91 Å². The van der Waals surface area contributed by atoms with Crippen LogP contribution in [0.3, 0.4) is 0 Å². The molecule has 1 saturated heterocycles. The molecule has 3 aromatic rings. The fourth-order valence-electron chi connectivity index (χ4n) is 3.94. The monoisotopic (exact) mass is 459 g/mol. The minimum absolute atomic E-state index is 0.0353. The highest BCUT2D eigenvalue weighted by atomic mass is 35.5. The first-order valence-corrected chi connectivity index (χ1v) is 11.4. The Morgan fingerprint density at radius 3 is 2.81 bits per heavy atom. The molecule has 31 heavy (non-hydrogen) atoms. The first kappa shape index (κ1) is 21.6. The normalized spacial score (nSPS) is 18.8. The van der Waals surface area contributed by atoms with Crippen LogP contribution in [-0.2, 0) is 0 Å². The number of hydrogen-bond donors (Lipinski definition) is 1. The molecule has 1 fully saturated rings. The third-order valence-corrected chi connectivity index (χ3v) is 6.74. The van der Waals surface area contributed by atoms with Gasteiger partial charge in [-0.2, -0.15) is 0 Å². The largest absolute Gasteiger partial charge is 0.352 e. The van der Waals surface area contributed by atoms with E-state index in [9.17, 15) is 9.18 Å². The van der Waals surface area contributed by atoms with Gasteiger partial charge in [0.2, 0.25) is 5.95 Å². The zero-order valence-corrected chi connectivity index (χ0v) is 18.9. The third kappa shape index (κ3) is 4.85. The van der Waals surface area contributed by atoms with Crippen LogP contribution in [0.25, 0.3) is 10.4 Å². The van der Waals surface area contributed by atoms with Gasteiger partial charge in [-0.3, -0.25) is 4.79 Å². The zero-order valence-electron chi connectivity index (χ0n) is 17.3. The van der Waals surface area contributed by atoms with Gasteiger partial charge in [-0.05, 0) is 49.4 Å². The number of carbonyl (C=O) groups is 1. The van der Waals surface area contributed by atoms with Crippen molar-refractivity contribution in [1.82, 2.24) is 19.9 Å². The number of piperidine rings is 1. The average Bonchev–Trinajstić information content (AvgIpc) is 3.14. The number of benzene rings is 1. The van der Waals surface area contributed by atoms with Crippen LogP contribution in [0.1, 0.15) is 35.3 Å². The van der Waals surface area contributed by atoms with Crippen molar-refractivity contribution < 1.29 is 9.18 Å². The molecule has 1 amide bonds. The number of hydrogen-bond acceptors (Lipinski definition) is 6. The number of likely N-dealkylation sites (tertiary alicyclic amines) is 1. The summed E-state index contributed by atoms with van der Waals surface area (Å²) in [5.74, 6) is 0.332. The van der Waals surface area contributed by atoms with E-state index in [0.717, 1.165) is 28.3 Å². The topological polar surface area (TPSA) is 71.0 Å². The second-order valence-corrected chi connectivity index (χ2v) is 9.28. The fraction of sp³-hybridized carbons (Fsp3) is 0.364. The Balaban J connectivity index is 1.59. The quantitative estimate of drug-likeness (QED) is 0.540. The number of rotatable bonds is 5. The van der Waals surface area contributed by atoms with Gasteiger partial charge in [0.05, 0.1) is 15.9 Å².